The smallest absolute Gasteiger partial charge is 0.261 e. The van der Waals surface area contributed by atoms with Crippen molar-refractivity contribution in [3.8, 4) is 17.0 Å². The third kappa shape index (κ3) is 2.42. The predicted octanol–water partition coefficient (Wildman–Crippen LogP) is 2.36. The van der Waals surface area contributed by atoms with E-state index in [0.29, 0.717) is 12.8 Å². The van der Waals surface area contributed by atoms with Crippen molar-refractivity contribution in [2.45, 2.75) is 13.5 Å². The Kier molecular flexibility index (Phi) is 3.80. The predicted molar refractivity (Wildman–Crippen MR) is 73.8 cm³/mol. The second-order valence-electron chi connectivity index (χ2n) is 4.07. The Bertz CT molecular complexity index is 659. The minimum Gasteiger partial charge on any atom is -0.497 e. The number of nitrogens with zero attached hydrogens (tertiary/aromatic N) is 1. The van der Waals surface area contributed by atoms with Gasteiger partial charge in [-0.05, 0) is 31.2 Å². The fourth-order valence-electron chi connectivity index (χ4n) is 2.03. The summed E-state index contributed by atoms with van der Waals surface area (Å²) in [7, 11) is 1.60. The first-order valence-electron chi connectivity index (χ1n) is 6.04. The molecule has 2 rings (SSSR count). The number of carbonyl (C=O) groups is 1. The third-order valence-electron chi connectivity index (χ3n) is 3.01. The number of aromatic nitrogens is 1. The number of aldehydes is 1. The summed E-state index contributed by atoms with van der Waals surface area (Å²) >= 11 is 0. The monoisotopic (exact) mass is 257 g/mol. The van der Waals surface area contributed by atoms with Crippen LogP contribution in [0.2, 0.25) is 0 Å². The van der Waals surface area contributed by atoms with Crippen LogP contribution in [0, 0.1) is 0 Å². The fraction of sp³-hybridized carbons (Fsp3) is 0.200. The van der Waals surface area contributed by atoms with Crippen molar-refractivity contribution in [1.29, 1.82) is 0 Å². The topological polar surface area (TPSA) is 48.3 Å². The zero-order chi connectivity index (χ0) is 13.8. The maximum absolute atomic E-state index is 12.1. The summed E-state index contributed by atoms with van der Waals surface area (Å²) in [6, 6.07) is 10.8. The van der Waals surface area contributed by atoms with Crippen molar-refractivity contribution in [1.82, 2.24) is 4.57 Å². The zero-order valence-electron chi connectivity index (χ0n) is 10.9. The molecule has 0 spiro atoms. The molecule has 4 nitrogen and oxygen atoms in total. The zero-order valence-corrected chi connectivity index (χ0v) is 10.9. The van der Waals surface area contributed by atoms with Gasteiger partial charge >= 0.3 is 0 Å². The van der Waals surface area contributed by atoms with Crippen molar-refractivity contribution < 1.29 is 9.53 Å². The Labute approximate surface area is 111 Å². The van der Waals surface area contributed by atoms with Gasteiger partial charge in [-0.2, -0.15) is 0 Å². The van der Waals surface area contributed by atoms with Crippen LogP contribution in [0.15, 0.2) is 41.2 Å². The van der Waals surface area contributed by atoms with Gasteiger partial charge in [-0.3, -0.25) is 9.59 Å². The van der Waals surface area contributed by atoms with Crippen LogP contribution in [0.3, 0.4) is 0 Å². The molecule has 0 amide bonds. The summed E-state index contributed by atoms with van der Waals surface area (Å²) in [5, 5.41) is 0. The van der Waals surface area contributed by atoms with E-state index in [1.807, 2.05) is 31.2 Å². The quantitative estimate of drug-likeness (QED) is 0.790. The van der Waals surface area contributed by atoms with Gasteiger partial charge in [-0.1, -0.05) is 12.1 Å². The molecule has 0 radical (unpaired) electrons. The average molecular weight is 257 g/mol. The molecule has 4 heteroatoms. The fourth-order valence-corrected chi connectivity index (χ4v) is 2.03. The summed E-state index contributed by atoms with van der Waals surface area (Å²) in [6.45, 7) is 2.38. The number of methoxy groups -OCH3 is 1. The van der Waals surface area contributed by atoms with Gasteiger partial charge in [0.25, 0.3) is 5.56 Å². The molecule has 1 heterocycles. The number of carbonyl (C=O) groups excluding carboxylic acids is 1. The van der Waals surface area contributed by atoms with Crippen molar-refractivity contribution in [2.24, 2.45) is 0 Å². The average Bonchev–Trinajstić information content (AvgIpc) is 2.47. The lowest BCUT2D eigenvalue weighted by Crippen LogP contribution is -2.24. The molecule has 1 aromatic heterocycles. The van der Waals surface area contributed by atoms with Crippen LogP contribution in [0.4, 0.5) is 0 Å². The van der Waals surface area contributed by atoms with Crippen molar-refractivity contribution in [3.63, 3.8) is 0 Å². The SMILES string of the molecule is CCn1c(-c2cccc(OC)c2)ccc(C=O)c1=O. The molecule has 0 N–H and O–H groups in total. The highest BCUT2D eigenvalue weighted by atomic mass is 16.5. The first-order valence-corrected chi connectivity index (χ1v) is 6.04. The molecule has 0 saturated carbocycles. The molecule has 0 aliphatic rings. The van der Waals surface area contributed by atoms with Gasteiger partial charge < -0.3 is 9.30 Å². The maximum Gasteiger partial charge on any atom is 0.261 e. The van der Waals surface area contributed by atoms with Crippen LogP contribution in [0.25, 0.3) is 11.3 Å². The molecule has 98 valence electrons. The van der Waals surface area contributed by atoms with Crippen molar-refractivity contribution in [3.05, 3.63) is 52.3 Å². The third-order valence-corrected chi connectivity index (χ3v) is 3.01. The van der Waals surface area contributed by atoms with Gasteiger partial charge in [0.1, 0.15) is 5.75 Å². The van der Waals surface area contributed by atoms with E-state index in [0.717, 1.165) is 17.0 Å². The number of ether oxygens (including phenoxy) is 1. The first kappa shape index (κ1) is 13.1. The second-order valence-corrected chi connectivity index (χ2v) is 4.07. The second kappa shape index (κ2) is 5.52. The van der Waals surface area contributed by atoms with Crippen molar-refractivity contribution in [2.75, 3.05) is 7.11 Å². The van der Waals surface area contributed by atoms with E-state index in [4.69, 9.17) is 4.74 Å². The van der Waals surface area contributed by atoms with Gasteiger partial charge in [0.05, 0.1) is 18.4 Å². The summed E-state index contributed by atoms with van der Waals surface area (Å²) in [4.78, 5) is 22.9. The van der Waals surface area contributed by atoms with E-state index in [-0.39, 0.29) is 11.1 Å². The minimum absolute atomic E-state index is 0.175. The lowest BCUT2D eigenvalue weighted by molar-refractivity contribution is 0.112. The number of rotatable bonds is 4. The van der Waals surface area contributed by atoms with Gasteiger partial charge in [0, 0.05) is 12.1 Å². The molecule has 0 atom stereocenters. The standard InChI is InChI=1S/C15H15NO3/c1-3-16-14(8-7-12(10-17)15(16)18)11-5-4-6-13(9-11)19-2/h4-10H,3H2,1-2H3. The van der Waals surface area contributed by atoms with Gasteiger partial charge in [-0.25, -0.2) is 0 Å². The van der Waals surface area contributed by atoms with E-state index in [9.17, 15) is 9.59 Å². The molecule has 0 aliphatic carbocycles. The molecule has 0 bridgehead atoms. The van der Waals surface area contributed by atoms with E-state index < -0.39 is 0 Å². The van der Waals surface area contributed by atoms with Gasteiger partial charge in [0.2, 0.25) is 0 Å². The first-order chi connectivity index (χ1) is 9.21. The van der Waals surface area contributed by atoms with Crippen LogP contribution in [0.1, 0.15) is 17.3 Å². The number of hydrogen-bond donors (Lipinski definition) is 0. The van der Waals surface area contributed by atoms with Crippen LogP contribution >= 0.6 is 0 Å². The molecule has 0 saturated heterocycles. The van der Waals surface area contributed by atoms with Crippen LogP contribution in [-0.2, 0) is 6.54 Å². The lowest BCUT2D eigenvalue weighted by Gasteiger charge is -2.12. The van der Waals surface area contributed by atoms with Crippen LogP contribution < -0.4 is 10.3 Å². The summed E-state index contributed by atoms with van der Waals surface area (Å²) in [6.07, 6.45) is 0.587. The van der Waals surface area contributed by atoms with E-state index >= 15 is 0 Å². The summed E-state index contributed by atoms with van der Waals surface area (Å²) in [5.41, 5.74) is 1.57. The van der Waals surface area contributed by atoms with Crippen LogP contribution in [-0.4, -0.2) is 18.0 Å². The Morgan fingerprint density at radius 2 is 2.05 bits per heavy atom. The molecule has 0 aliphatic heterocycles. The summed E-state index contributed by atoms with van der Waals surface area (Å²) < 4.78 is 6.76. The molecule has 0 unspecified atom stereocenters. The van der Waals surface area contributed by atoms with Gasteiger partial charge in [-0.15, -0.1) is 0 Å². The molecule has 2 aromatic rings. The molecule has 19 heavy (non-hydrogen) atoms. The van der Waals surface area contributed by atoms with Crippen LogP contribution in [0.5, 0.6) is 5.75 Å². The largest absolute Gasteiger partial charge is 0.497 e. The Balaban J connectivity index is 2.65. The molecule has 1 aromatic carbocycles. The lowest BCUT2D eigenvalue weighted by atomic mass is 10.1. The molecular weight excluding hydrogens is 242 g/mol. The number of hydrogen-bond acceptors (Lipinski definition) is 3. The highest BCUT2D eigenvalue weighted by Gasteiger charge is 2.09. The van der Waals surface area contributed by atoms with Crippen molar-refractivity contribution >= 4 is 6.29 Å². The molecular formula is C15H15NO3. The minimum atomic E-state index is -0.266. The van der Waals surface area contributed by atoms with E-state index in [2.05, 4.69) is 0 Å². The highest BCUT2D eigenvalue weighted by Crippen LogP contribution is 2.23. The highest BCUT2D eigenvalue weighted by molar-refractivity contribution is 5.75. The maximum atomic E-state index is 12.1. The number of pyridine rings is 1. The Morgan fingerprint density at radius 3 is 2.68 bits per heavy atom. The Morgan fingerprint density at radius 1 is 1.26 bits per heavy atom. The Hall–Kier alpha value is -2.36. The van der Waals surface area contributed by atoms with E-state index in [1.54, 1.807) is 23.8 Å². The van der Waals surface area contributed by atoms with Gasteiger partial charge in [0.15, 0.2) is 6.29 Å². The number of benzene rings is 1. The van der Waals surface area contributed by atoms with E-state index in [1.165, 1.54) is 0 Å². The summed E-state index contributed by atoms with van der Waals surface area (Å²) in [5.74, 6) is 0.729. The normalized spacial score (nSPS) is 10.2. The molecule has 0 fully saturated rings.